The van der Waals surface area contributed by atoms with Gasteiger partial charge in [-0.15, -0.1) is 4.67 Å². The average Bonchev–Trinajstić information content (AvgIpc) is 2.93. The van der Waals surface area contributed by atoms with Gasteiger partial charge < -0.3 is 19.1 Å². The van der Waals surface area contributed by atoms with E-state index in [4.69, 9.17) is 24.0 Å². The predicted octanol–water partition coefficient (Wildman–Crippen LogP) is 1.93. The fourth-order valence-corrected chi connectivity index (χ4v) is 4.17. The van der Waals surface area contributed by atoms with Gasteiger partial charge in [0.15, 0.2) is 6.23 Å². The summed E-state index contributed by atoms with van der Waals surface area (Å²) in [6, 6.07) is 8.82. The summed E-state index contributed by atoms with van der Waals surface area (Å²) < 4.78 is 38.4. The van der Waals surface area contributed by atoms with Crippen LogP contribution < -0.4 is 5.56 Å². The number of ether oxygens (including phenoxy) is 3. The highest BCUT2D eigenvalue weighted by atomic mass is 31.2. The van der Waals surface area contributed by atoms with Gasteiger partial charge in [-0.25, -0.2) is 9.82 Å². The molecule has 1 aliphatic heterocycles. The van der Waals surface area contributed by atoms with Crippen LogP contribution in [0.15, 0.2) is 41.3 Å². The lowest BCUT2D eigenvalue weighted by atomic mass is 9.98. The number of hydrogen-bond acceptors (Lipinski definition) is 8. The van der Waals surface area contributed by atoms with Crippen LogP contribution in [0.25, 0.3) is 10.8 Å². The first-order valence-electron chi connectivity index (χ1n) is 8.40. The van der Waals surface area contributed by atoms with Crippen molar-refractivity contribution in [2.75, 3.05) is 20.8 Å². The lowest BCUT2D eigenvalue weighted by Crippen LogP contribution is -2.46. The highest BCUT2D eigenvalue weighted by molar-refractivity contribution is 7.47. The molecule has 1 aliphatic rings. The molecule has 2 aromatic rings. The molecule has 0 bridgehead atoms. The molecule has 2 heterocycles. The van der Waals surface area contributed by atoms with Crippen molar-refractivity contribution >= 4 is 18.6 Å². The van der Waals surface area contributed by atoms with Gasteiger partial charge in [0.05, 0.1) is 6.61 Å². The first-order chi connectivity index (χ1) is 13.3. The second-order valence-corrected chi connectivity index (χ2v) is 7.96. The Kier molecular flexibility index (Phi) is 6.04. The third kappa shape index (κ3) is 3.78. The summed E-state index contributed by atoms with van der Waals surface area (Å²) >= 11 is 0. The first kappa shape index (κ1) is 21.1. The fraction of sp³-hybridized carbons (Fsp3) is 0.471. The highest BCUT2D eigenvalue weighted by Gasteiger charge is 2.57. The number of fused-ring (bicyclic) bond motifs is 1. The molecule has 1 aromatic carbocycles. The van der Waals surface area contributed by atoms with E-state index in [0.717, 1.165) is 5.39 Å². The van der Waals surface area contributed by atoms with Crippen LogP contribution in [0.3, 0.4) is 0 Å². The van der Waals surface area contributed by atoms with Crippen LogP contribution in [-0.4, -0.2) is 53.4 Å². The molecule has 0 aliphatic carbocycles. The molecule has 1 aromatic heterocycles. The van der Waals surface area contributed by atoms with Crippen molar-refractivity contribution in [2.24, 2.45) is 0 Å². The van der Waals surface area contributed by atoms with E-state index in [2.05, 4.69) is 4.67 Å². The van der Waals surface area contributed by atoms with E-state index >= 15 is 0 Å². The van der Waals surface area contributed by atoms with Crippen molar-refractivity contribution in [3.63, 3.8) is 0 Å². The van der Waals surface area contributed by atoms with Gasteiger partial charge in [0.1, 0.15) is 17.8 Å². The summed E-state index contributed by atoms with van der Waals surface area (Å²) in [4.78, 5) is 22.6. The molecule has 4 unspecified atom stereocenters. The number of methoxy groups -OCH3 is 2. The topological polar surface area (TPSA) is 126 Å². The maximum atomic E-state index is 13.0. The van der Waals surface area contributed by atoms with Crippen molar-refractivity contribution < 1.29 is 38.1 Å². The average molecular weight is 415 g/mol. The van der Waals surface area contributed by atoms with Crippen molar-refractivity contribution in [2.45, 2.75) is 31.0 Å². The molecular weight excluding hydrogens is 393 g/mol. The minimum absolute atomic E-state index is 0.0399. The van der Waals surface area contributed by atoms with Crippen LogP contribution in [0.1, 0.15) is 13.2 Å². The van der Waals surface area contributed by atoms with E-state index in [1.54, 1.807) is 31.3 Å². The van der Waals surface area contributed by atoms with Gasteiger partial charge in [-0.2, -0.15) is 0 Å². The third-order valence-electron chi connectivity index (χ3n) is 4.74. The molecule has 2 N–H and O–H groups in total. The van der Waals surface area contributed by atoms with Gasteiger partial charge in [-0.05, 0) is 24.4 Å². The van der Waals surface area contributed by atoms with Gasteiger partial charge in [0.2, 0.25) is 0 Å². The molecule has 0 radical (unpaired) electrons. The predicted molar refractivity (Wildman–Crippen MR) is 97.8 cm³/mol. The smallest absolute Gasteiger partial charge is 0.382 e. The van der Waals surface area contributed by atoms with Gasteiger partial charge in [-0.1, -0.05) is 18.2 Å². The Morgan fingerprint density at radius 3 is 2.64 bits per heavy atom. The Bertz CT molecular complexity index is 948. The molecular formula is C17H22NO9P. The minimum atomic E-state index is -4.79. The molecule has 0 saturated carbocycles. The van der Waals surface area contributed by atoms with Gasteiger partial charge >= 0.3 is 7.82 Å². The Morgan fingerprint density at radius 1 is 1.29 bits per heavy atom. The summed E-state index contributed by atoms with van der Waals surface area (Å²) in [7, 11) is -2.02. The molecule has 0 spiro atoms. The Morgan fingerprint density at radius 2 is 2.00 bits per heavy atom. The number of aromatic nitrogens is 1. The number of rotatable bonds is 7. The molecule has 3 rings (SSSR count). The Hall–Kier alpha value is -1.62. The van der Waals surface area contributed by atoms with Crippen molar-refractivity contribution in [1.82, 2.24) is 4.57 Å². The second-order valence-electron chi connectivity index (χ2n) is 6.65. The molecule has 5 atom stereocenters. The lowest BCUT2D eigenvalue weighted by molar-refractivity contribution is -0.176. The van der Waals surface area contributed by atoms with Crippen LogP contribution in [-0.2, 0) is 28.0 Å². The molecule has 0 amide bonds. The maximum absolute atomic E-state index is 13.0. The molecule has 10 nitrogen and oxygen atoms in total. The summed E-state index contributed by atoms with van der Waals surface area (Å²) in [5.74, 6) is 0. The quantitative estimate of drug-likeness (QED) is 0.396. The molecule has 1 fully saturated rings. The molecule has 1 saturated heterocycles. The van der Waals surface area contributed by atoms with E-state index in [9.17, 15) is 14.3 Å². The van der Waals surface area contributed by atoms with E-state index in [1.807, 2.05) is 12.1 Å². The fourth-order valence-electron chi connectivity index (χ4n) is 3.50. The summed E-state index contributed by atoms with van der Waals surface area (Å²) in [6.45, 7) is 1.54. The van der Waals surface area contributed by atoms with Gasteiger partial charge in [0.25, 0.3) is 5.56 Å². The normalized spacial score (nSPS) is 29.8. The van der Waals surface area contributed by atoms with Crippen LogP contribution in [0.5, 0.6) is 0 Å². The standard InChI is InChI=1S/C17H22NO9P/c1-17(10-23-2)14(26-28(21,22)27-20)13(24-3)16(25-17)18-9-8-11-6-4-5-7-12(11)15(18)19/h4-9,13-14,16,20H,10H2,1-3H3,(H,21,22)/t13-,14?,16?,17?/m0/s1. The van der Waals surface area contributed by atoms with E-state index in [-0.39, 0.29) is 12.2 Å². The zero-order valence-corrected chi connectivity index (χ0v) is 16.4. The molecule has 11 heteroatoms. The maximum Gasteiger partial charge on any atom is 0.499 e. The summed E-state index contributed by atoms with van der Waals surface area (Å²) in [5, 5.41) is 9.89. The van der Waals surface area contributed by atoms with Crippen molar-refractivity contribution in [3.8, 4) is 0 Å². The SMILES string of the molecule is COCC1(C)OC(n2ccc3ccccc3c2=O)[C@@H](OC)C1OP(=O)(O)OO. The Balaban J connectivity index is 2.08. The van der Waals surface area contributed by atoms with E-state index in [1.165, 1.54) is 18.8 Å². The highest BCUT2D eigenvalue weighted by Crippen LogP contribution is 2.50. The lowest BCUT2D eigenvalue weighted by Gasteiger charge is -2.30. The molecule has 154 valence electrons. The number of benzene rings is 1. The van der Waals surface area contributed by atoms with Gasteiger partial charge in [0, 0.05) is 25.8 Å². The van der Waals surface area contributed by atoms with Crippen LogP contribution >= 0.6 is 7.82 Å². The number of phosphoric ester groups is 1. The summed E-state index contributed by atoms with van der Waals surface area (Å²) in [5.41, 5.74) is -1.60. The van der Waals surface area contributed by atoms with Crippen molar-refractivity contribution in [3.05, 3.63) is 46.9 Å². The van der Waals surface area contributed by atoms with Crippen LogP contribution in [0, 0.1) is 0 Å². The monoisotopic (exact) mass is 415 g/mol. The molecule has 28 heavy (non-hydrogen) atoms. The van der Waals surface area contributed by atoms with E-state index < -0.39 is 31.9 Å². The zero-order valence-electron chi connectivity index (χ0n) is 15.5. The number of hydrogen-bond donors (Lipinski definition) is 2. The number of pyridine rings is 1. The van der Waals surface area contributed by atoms with Crippen LogP contribution in [0.4, 0.5) is 0 Å². The minimum Gasteiger partial charge on any atom is -0.382 e. The zero-order chi connectivity index (χ0) is 20.5. The third-order valence-corrected chi connectivity index (χ3v) is 5.44. The second kappa shape index (κ2) is 8.02. The van der Waals surface area contributed by atoms with Gasteiger partial charge in [-0.3, -0.25) is 13.9 Å². The Labute approximate surface area is 160 Å². The summed E-state index contributed by atoms with van der Waals surface area (Å²) in [6.07, 6.45) is -1.60. The number of phosphoric acid groups is 1. The van der Waals surface area contributed by atoms with Crippen LogP contribution in [0.2, 0.25) is 0 Å². The first-order valence-corrected chi connectivity index (χ1v) is 9.89. The van der Waals surface area contributed by atoms with E-state index in [0.29, 0.717) is 5.39 Å². The van der Waals surface area contributed by atoms with Crippen molar-refractivity contribution in [1.29, 1.82) is 0 Å². The largest absolute Gasteiger partial charge is 0.499 e. The number of nitrogens with zero attached hydrogens (tertiary/aromatic N) is 1.